The molecule has 146 valence electrons. The maximum Gasteiger partial charge on any atom is 0.0941 e. The summed E-state index contributed by atoms with van der Waals surface area (Å²) in [6.45, 7) is 8.70. The Kier molecular flexibility index (Phi) is 10.7. The van der Waals surface area contributed by atoms with Crippen LogP contribution in [0.15, 0.2) is 49.1 Å². The van der Waals surface area contributed by atoms with Crippen LogP contribution in [0.4, 0.5) is 11.4 Å². The van der Waals surface area contributed by atoms with Crippen LogP contribution in [0, 0.1) is 0 Å². The van der Waals surface area contributed by atoms with Crippen molar-refractivity contribution in [3.8, 4) is 0 Å². The number of hydrogen-bond donors (Lipinski definition) is 0. The van der Waals surface area contributed by atoms with Crippen molar-refractivity contribution in [2.24, 2.45) is 0 Å². The van der Waals surface area contributed by atoms with Crippen molar-refractivity contribution in [2.45, 2.75) is 39.5 Å². The summed E-state index contributed by atoms with van der Waals surface area (Å²) in [7, 11) is 0. The van der Waals surface area contributed by atoms with Crippen LogP contribution < -0.4 is 9.80 Å². The van der Waals surface area contributed by atoms with Crippen molar-refractivity contribution in [1.29, 1.82) is 0 Å². The Morgan fingerprint density at radius 2 is 1.19 bits per heavy atom. The molecule has 3 rings (SSSR count). The first-order chi connectivity index (χ1) is 11.8. The van der Waals surface area contributed by atoms with Gasteiger partial charge in [0, 0.05) is 49.3 Å². The summed E-state index contributed by atoms with van der Waals surface area (Å²) >= 11 is 0. The fraction of sp³-hybridized carbons (Fsp3) is 0.500. The predicted molar refractivity (Wildman–Crippen MR) is 133 cm³/mol. The monoisotopic (exact) mass is 582 g/mol. The molecule has 4 nitrogen and oxygen atoms in total. The highest BCUT2D eigenvalue weighted by Crippen LogP contribution is 2.27. The highest BCUT2D eigenvalue weighted by atomic mass is 127. The first-order valence-electron chi connectivity index (χ1n) is 9.28. The van der Waals surface area contributed by atoms with Crippen LogP contribution in [0.5, 0.6) is 0 Å². The maximum absolute atomic E-state index is 2.39. The van der Waals surface area contributed by atoms with E-state index in [9.17, 15) is 0 Å². The van der Waals surface area contributed by atoms with Gasteiger partial charge in [0.25, 0.3) is 0 Å². The van der Waals surface area contributed by atoms with E-state index in [1.807, 2.05) is 0 Å². The van der Waals surface area contributed by atoms with Crippen LogP contribution in [0.25, 0.3) is 0 Å². The molecule has 0 fully saturated rings. The molecule has 0 bridgehead atoms. The van der Waals surface area contributed by atoms with Crippen LogP contribution in [0.2, 0.25) is 0 Å². The summed E-state index contributed by atoms with van der Waals surface area (Å²) < 4.78 is 0. The van der Waals surface area contributed by atoms with Gasteiger partial charge >= 0.3 is 0 Å². The van der Waals surface area contributed by atoms with E-state index in [1.165, 1.54) is 37.1 Å². The maximum atomic E-state index is 2.39. The smallest absolute Gasteiger partial charge is 0.0941 e. The highest BCUT2D eigenvalue weighted by Gasteiger charge is 2.17. The molecule has 0 amide bonds. The van der Waals surface area contributed by atoms with E-state index < -0.39 is 0 Å². The molecule has 26 heavy (non-hydrogen) atoms. The molecule has 2 heterocycles. The molecule has 0 aromatic heterocycles. The number of halogens is 2. The SMILES string of the molecule is CCCCN1C=CN(c2cccc(N3C=CN(CCCC)C3)c2)C1.I.I. The zero-order valence-corrected chi connectivity index (χ0v) is 20.5. The zero-order chi connectivity index (χ0) is 16.8. The van der Waals surface area contributed by atoms with Crippen LogP contribution >= 0.6 is 48.0 Å². The second-order valence-electron chi connectivity index (χ2n) is 6.67. The molecule has 0 saturated carbocycles. The third-order valence-corrected chi connectivity index (χ3v) is 4.67. The van der Waals surface area contributed by atoms with Crippen molar-refractivity contribution in [3.05, 3.63) is 49.1 Å². The van der Waals surface area contributed by atoms with Crippen molar-refractivity contribution in [3.63, 3.8) is 0 Å². The fourth-order valence-corrected chi connectivity index (χ4v) is 3.13. The lowest BCUT2D eigenvalue weighted by Gasteiger charge is -2.24. The lowest BCUT2D eigenvalue weighted by molar-refractivity contribution is 0.395. The van der Waals surface area contributed by atoms with Gasteiger partial charge in [0.2, 0.25) is 0 Å². The predicted octanol–water partition coefficient (Wildman–Crippen LogP) is 5.62. The second-order valence-corrected chi connectivity index (χ2v) is 6.67. The average molecular weight is 582 g/mol. The molecule has 0 spiro atoms. The summed E-state index contributed by atoms with van der Waals surface area (Å²) in [5, 5.41) is 0. The van der Waals surface area contributed by atoms with Crippen LogP contribution in [-0.4, -0.2) is 36.2 Å². The Bertz CT molecular complexity index is 544. The Morgan fingerprint density at radius 3 is 1.62 bits per heavy atom. The minimum absolute atomic E-state index is 0. The molecule has 2 aliphatic rings. The summed E-state index contributed by atoms with van der Waals surface area (Å²) in [5.74, 6) is 0. The normalized spacial score (nSPS) is 15.5. The van der Waals surface area contributed by atoms with E-state index in [4.69, 9.17) is 0 Å². The molecular formula is C20H32I2N4. The lowest BCUT2D eigenvalue weighted by Crippen LogP contribution is -2.27. The van der Waals surface area contributed by atoms with Gasteiger partial charge in [0.05, 0.1) is 13.3 Å². The molecule has 0 aliphatic carbocycles. The van der Waals surface area contributed by atoms with Gasteiger partial charge in [-0.1, -0.05) is 32.8 Å². The van der Waals surface area contributed by atoms with Crippen molar-refractivity contribution in [2.75, 3.05) is 36.2 Å². The lowest BCUT2D eigenvalue weighted by atomic mass is 10.2. The first-order valence-corrected chi connectivity index (χ1v) is 9.28. The molecule has 2 aliphatic heterocycles. The zero-order valence-electron chi connectivity index (χ0n) is 15.9. The Hall–Kier alpha value is -0.640. The highest BCUT2D eigenvalue weighted by molar-refractivity contribution is 14.0. The molecule has 0 saturated heterocycles. The van der Waals surface area contributed by atoms with Gasteiger partial charge in [-0.05, 0) is 31.0 Å². The van der Waals surface area contributed by atoms with E-state index in [1.54, 1.807) is 0 Å². The standard InChI is InChI=1S/C20H30N4.2HI/c1-3-5-10-21-12-14-23(17-21)19-8-7-9-20(16-19)24-15-13-22(18-24)11-6-4-2;;/h7-9,12-16H,3-6,10-11,17-18H2,1-2H3;2*1H. The Morgan fingerprint density at radius 1 is 0.731 bits per heavy atom. The molecular weight excluding hydrogens is 550 g/mol. The molecule has 1 aromatic rings. The third-order valence-electron chi connectivity index (χ3n) is 4.67. The quantitative estimate of drug-likeness (QED) is 0.369. The van der Waals surface area contributed by atoms with E-state index in [2.05, 4.69) is 82.5 Å². The van der Waals surface area contributed by atoms with Crippen LogP contribution in [0.1, 0.15) is 39.5 Å². The molecule has 0 N–H and O–H groups in total. The minimum atomic E-state index is 0. The third kappa shape index (κ3) is 6.21. The van der Waals surface area contributed by atoms with Gasteiger partial charge in [-0.25, -0.2) is 0 Å². The van der Waals surface area contributed by atoms with Crippen molar-refractivity contribution >= 4 is 59.3 Å². The van der Waals surface area contributed by atoms with Gasteiger partial charge < -0.3 is 19.6 Å². The largest absolute Gasteiger partial charge is 0.358 e. The Balaban J connectivity index is 0.00000169. The number of hydrogen-bond acceptors (Lipinski definition) is 4. The summed E-state index contributed by atoms with van der Waals surface area (Å²) in [4.78, 5) is 9.43. The summed E-state index contributed by atoms with van der Waals surface area (Å²) in [6.07, 6.45) is 13.8. The molecule has 0 unspecified atom stereocenters. The first kappa shape index (κ1) is 23.4. The van der Waals surface area contributed by atoms with Crippen LogP contribution in [0.3, 0.4) is 0 Å². The number of rotatable bonds is 8. The van der Waals surface area contributed by atoms with E-state index >= 15 is 0 Å². The molecule has 1 aromatic carbocycles. The molecule has 6 heteroatoms. The van der Waals surface area contributed by atoms with E-state index in [0.29, 0.717) is 0 Å². The summed E-state index contributed by atoms with van der Waals surface area (Å²) in [6, 6.07) is 8.86. The number of anilines is 2. The topological polar surface area (TPSA) is 13.0 Å². The van der Waals surface area contributed by atoms with Gasteiger partial charge in [-0.3, -0.25) is 0 Å². The molecule has 0 atom stereocenters. The summed E-state index contributed by atoms with van der Waals surface area (Å²) in [5.41, 5.74) is 2.53. The number of nitrogens with zero attached hydrogens (tertiary/aromatic N) is 4. The molecule has 0 radical (unpaired) electrons. The van der Waals surface area contributed by atoms with Gasteiger partial charge in [-0.15, -0.1) is 48.0 Å². The minimum Gasteiger partial charge on any atom is -0.358 e. The average Bonchev–Trinajstić information content (AvgIpc) is 3.28. The van der Waals surface area contributed by atoms with Crippen molar-refractivity contribution in [1.82, 2.24) is 9.80 Å². The van der Waals surface area contributed by atoms with Gasteiger partial charge in [0.1, 0.15) is 0 Å². The second kappa shape index (κ2) is 11.9. The van der Waals surface area contributed by atoms with Crippen molar-refractivity contribution < 1.29 is 0 Å². The Labute approximate surface area is 192 Å². The number of unbranched alkanes of at least 4 members (excludes halogenated alkanes) is 2. The van der Waals surface area contributed by atoms with E-state index in [0.717, 1.165) is 26.4 Å². The van der Waals surface area contributed by atoms with Gasteiger partial charge in [-0.2, -0.15) is 0 Å². The number of benzene rings is 1. The van der Waals surface area contributed by atoms with E-state index in [-0.39, 0.29) is 48.0 Å². The fourth-order valence-electron chi connectivity index (χ4n) is 3.13. The van der Waals surface area contributed by atoms with Crippen LogP contribution in [-0.2, 0) is 0 Å². The van der Waals surface area contributed by atoms with Gasteiger partial charge in [0.15, 0.2) is 0 Å².